The Hall–Kier alpha value is -2.22. The molecule has 0 saturated heterocycles. The third kappa shape index (κ3) is 3.02. The van der Waals surface area contributed by atoms with Gasteiger partial charge in [-0.2, -0.15) is 5.26 Å². The predicted molar refractivity (Wildman–Crippen MR) is 71.9 cm³/mol. The molecule has 2 N–H and O–H groups in total. The summed E-state index contributed by atoms with van der Waals surface area (Å²) < 4.78 is 10.4. The summed E-state index contributed by atoms with van der Waals surface area (Å²) in [6.07, 6.45) is 0. The summed E-state index contributed by atoms with van der Waals surface area (Å²) in [4.78, 5) is 4.21. The smallest absolute Gasteiger partial charge is 0.164 e. The van der Waals surface area contributed by atoms with E-state index >= 15 is 0 Å². The van der Waals surface area contributed by atoms with Gasteiger partial charge >= 0.3 is 0 Å². The van der Waals surface area contributed by atoms with Gasteiger partial charge in [0.1, 0.15) is 6.07 Å². The molecule has 0 atom stereocenters. The van der Waals surface area contributed by atoms with Crippen molar-refractivity contribution in [3.63, 3.8) is 0 Å². The number of nitrogens with two attached hydrogens (primary N) is 1. The number of hydrogen-bond acceptors (Lipinski definition) is 5. The van der Waals surface area contributed by atoms with E-state index in [1.165, 1.54) is 0 Å². The summed E-state index contributed by atoms with van der Waals surface area (Å²) in [6.45, 7) is 0. The monoisotopic (exact) mass is 311 g/mol. The molecule has 0 bridgehead atoms. The van der Waals surface area contributed by atoms with Crippen molar-refractivity contribution < 1.29 is 26.5 Å². The van der Waals surface area contributed by atoms with Crippen LogP contribution < -0.4 is 15.2 Å². The Labute approximate surface area is 127 Å². The van der Waals surface area contributed by atoms with E-state index in [-0.39, 0.29) is 22.8 Å². The fraction of sp³-hybridized carbons (Fsp3) is 0.143. The summed E-state index contributed by atoms with van der Waals surface area (Å²) in [5.74, 6) is 1.25. The Kier molecular flexibility index (Phi) is 5.39. The van der Waals surface area contributed by atoms with Crippen LogP contribution in [-0.4, -0.2) is 19.2 Å². The number of pyridine rings is 1. The molecule has 0 radical (unpaired) electrons. The molecule has 0 amide bonds. The van der Waals surface area contributed by atoms with E-state index in [9.17, 15) is 0 Å². The van der Waals surface area contributed by atoms with Crippen molar-refractivity contribution in [2.75, 3.05) is 20.0 Å². The molecule has 2 rings (SSSR count). The first-order valence-electron chi connectivity index (χ1n) is 5.58. The minimum Gasteiger partial charge on any atom is -0.493 e. The van der Waals surface area contributed by atoms with Gasteiger partial charge in [0.15, 0.2) is 17.2 Å². The van der Waals surface area contributed by atoms with Crippen LogP contribution in [-0.2, 0) is 17.1 Å². The zero-order valence-corrected chi connectivity index (χ0v) is 12.1. The molecule has 1 aromatic heterocycles. The number of benzene rings is 1. The first kappa shape index (κ1) is 15.8. The predicted octanol–water partition coefficient (Wildman–Crippen LogP) is 2.22. The van der Waals surface area contributed by atoms with E-state index in [4.69, 9.17) is 20.5 Å². The van der Waals surface area contributed by atoms with Gasteiger partial charge in [-0.05, 0) is 30.3 Å². The van der Waals surface area contributed by atoms with Crippen molar-refractivity contribution in [1.29, 1.82) is 5.26 Å². The number of nitrogen functional groups attached to an aromatic ring is 1. The second-order valence-electron chi connectivity index (χ2n) is 3.82. The van der Waals surface area contributed by atoms with E-state index in [2.05, 4.69) is 4.98 Å². The Balaban J connectivity index is 0.00000200. The van der Waals surface area contributed by atoms with Crippen molar-refractivity contribution in [3.05, 3.63) is 36.0 Å². The largest absolute Gasteiger partial charge is 0.493 e. The minimum absolute atomic E-state index is 0. The zero-order valence-electron chi connectivity index (χ0n) is 11.0. The molecule has 5 nitrogen and oxygen atoms in total. The summed E-state index contributed by atoms with van der Waals surface area (Å²) in [5, 5.41) is 8.94. The second-order valence-corrected chi connectivity index (χ2v) is 3.82. The van der Waals surface area contributed by atoms with Gasteiger partial charge in [-0.25, -0.2) is 4.98 Å². The van der Waals surface area contributed by atoms with Crippen molar-refractivity contribution in [3.8, 4) is 28.8 Å². The van der Waals surface area contributed by atoms with Crippen LogP contribution in [0.15, 0.2) is 30.3 Å². The summed E-state index contributed by atoms with van der Waals surface area (Å²) in [5.41, 5.74) is 7.72. The molecule has 0 aliphatic heterocycles. The first-order valence-corrected chi connectivity index (χ1v) is 5.58. The van der Waals surface area contributed by atoms with Gasteiger partial charge in [0.05, 0.1) is 25.6 Å². The summed E-state index contributed by atoms with van der Waals surface area (Å²) in [6, 6.07) is 10.8. The summed E-state index contributed by atoms with van der Waals surface area (Å²) in [7, 11) is 3.14. The average molecular weight is 311 g/mol. The third-order valence-electron chi connectivity index (χ3n) is 2.71. The molecule has 6 heteroatoms. The van der Waals surface area contributed by atoms with Crippen LogP contribution in [0.1, 0.15) is 5.69 Å². The van der Waals surface area contributed by atoms with Crippen LogP contribution in [0.2, 0.25) is 0 Å². The van der Waals surface area contributed by atoms with Gasteiger partial charge in [-0.3, -0.25) is 0 Å². The first-order chi connectivity index (χ1) is 9.19. The van der Waals surface area contributed by atoms with Crippen molar-refractivity contribution in [2.24, 2.45) is 0 Å². The molecule has 0 saturated carbocycles. The molecule has 0 aliphatic carbocycles. The number of methoxy groups -OCH3 is 2. The molecule has 0 spiro atoms. The second kappa shape index (κ2) is 6.80. The molecule has 2 aromatic rings. The quantitative estimate of drug-likeness (QED) is 0.879. The number of aromatic nitrogens is 1. The average Bonchev–Trinajstić information content (AvgIpc) is 2.47. The fourth-order valence-corrected chi connectivity index (χ4v) is 1.72. The van der Waals surface area contributed by atoms with E-state index in [1.54, 1.807) is 38.5 Å². The molecule has 20 heavy (non-hydrogen) atoms. The Morgan fingerprint density at radius 3 is 2.40 bits per heavy atom. The van der Waals surface area contributed by atoms with Gasteiger partial charge < -0.3 is 15.2 Å². The number of rotatable bonds is 3. The standard InChI is InChI=1S/C14H13N3O2.Fe/c1-18-13-6-3-9(7-14(13)19-2)11-5-4-10(16)12(8-15)17-11;/h3-7H,16H2,1-2H3;. The normalized spacial score (nSPS) is 9.25. The number of anilines is 1. The molecule has 1 heterocycles. The van der Waals surface area contributed by atoms with Crippen LogP contribution in [0.25, 0.3) is 11.3 Å². The van der Waals surface area contributed by atoms with Crippen LogP contribution in [0.3, 0.4) is 0 Å². The fourth-order valence-electron chi connectivity index (χ4n) is 1.72. The molecule has 0 unspecified atom stereocenters. The van der Waals surface area contributed by atoms with E-state index in [1.807, 2.05) is 12.1 Å². The van der Waals surface area contributed by atoms with Crippen LogP contribution >= 0.6 is 0 Å². The number of nitrogens with zero attached hydrogens (tertiary/aromatic N) is 2. The van der Waals surface area contributed by atoms with E-state index in [0.717, 1.165) is 5.56 Å². The van der Waals surface area contributed by atoms with Crippen molar-refractivity contribution >= 4 is 5.69 Å². The number of ether oxygens (including phenoxy) is 2. The maximum absolute atomic E-state index is 8.94. The number of nitriles is 1. The molecule has 104 valence electrons. The van der Waals surface area contributed by atoms with Crippen molar-refractivity contribution in [2.45, 2.75) is 0 Å². The molecular formula is C14H13FeN3O2. The number of hydrogen-bond donors (Lipinski definition) is 1. The maximum Gasteiger partial charge on any atom is 0.164 e. The van der Waals surface area contributed by atoms with Gasteiger partial charge in [-0.15, -0.1) is 0 Å². The van der Waals surface area contributed by atoms with Gasteiger partial charge in [0.2, 0.25) is 0 Å². The Bertz CT molecular complexity index is 653. The Morgan fingerprint density at radius 1 is 1.10 bits per heavy atom. The summed E-state index contributed by atoms with van der Waals surface area (Å²) >= 11 is 0. The van der Waals surface area contributed by atoms with E-state index in [0.29, 0.717) is 22.9 Å². The van der Waals surface area contributed by atoms with Gasteiger partial charge in [0, 0.05) is 22.6 Å². The molecule has 1 aromatic carbocycles. The minimum atomic E-state index is 0. The zero-order chi connectivity index (χ0) is 13.8. The van der Waals surface area contributed by atoms with Gasteiger partial charge in [-0.1, -0.05) is 0 Å². The van der Waals surface area contributed by atoms with Crippen molar-refractivity contribution in [1.82, 2.24) is 4.98 Å². The molecule has 0 fully saturated rings. The van der Waals surface area contributed by atoms with Crippen LogP contribution in [0, 0.1) is 11.3 Å². The third-order valence-corrected chi connectivity index (χ3v) is 2.71. The maximum atomic E-state index is 8.94. The van der Waals surface area contributed by atoms with E-state index < -0.39 is 0 Å². The van der Waals surface area contributed by atoms with Gasteiger partial charge in [0.25, 0.3) is 0 Å². The topological polar surface area (TPSA) is 81.2 Å². The SMILES string of the molecule is COc1ccc(-c2ccc(N)c(C#N)n2)cc1OC.[Fe]. The molecular weight excluding hydrogens is 298 g/mol. The Morgan fingerprint density at radius 2 is 1.80 bits per heavy atom. The van der Waals surface area contributed by atoms with Crippen LogP contribution in [0.4, 0.5) is 5.69 Å². The van der Waals surface area contributed by atoms with Crippen LogP contribution in [0.5, 0.6) is 11.5 Å². The molecule has 0 aliphatic rings.